The van der Waals surface area contributed by atoms with E-state index in [1.54, 1.807) is 6.07 Å². The van der Waals surface area contributed by atoms with Gasteiger partial charge in [0.2, 0.25) is 5.91 Å². The van der Waals surface area contributed by atoms with E-state index in [2.05, 4.69) is 10.2 Å². The molecule has 1 N–H and O–H groups in total. The van der Waals surface area contributed by atoms with E-state index in [1.807, 2.05) is 24.3 Å². The summed E-state index contributed by atoms with van der Waals surface area (Å²) in [6, 6.07) is 13.0. The van der Waals surface area contributed by atoms with Crippen LogP contribution in [0.1, 0.15) is 42.4 Å². The minimum Gasteiger partial charge on any atom is -0.381 e. The molecule has 4 rings (SSSR count). The number of carbonyl (C=O) groups excluding carboxylic acids is 1. The van der Waals surface area contributed by atoms with Crippen LogP contribution in [0.25, 0.3) is 0 Å². The average molecular weight is 481 g/mol. The number of piperidine rings is 1. The Kier molecular flexibility index (Phi) is 7.31. The summed E-state index contributed by atoms with van der Waals surface area (Å²) >= 11 is 6.05. The molecule has 0 aliphatic carbocycles. The molecule has 178 valence electrons. The zero-order valence-electron chi connectivity index (χ0n) is 18.3. The van der Waals surface area contributed by atoms with Gasteiger partial charge in [-0.25, -0.2) is 0 Å². The van der Waals surface area contributed by atoms with Gasteiger partial charge in [0.1, 0.15) is 0 Å². The molecule has 0 bridgehead atoms. The highest BCUT2D eigenvalue weighted by molar-refractivity contribution is 6.30. The van der Waals surface area contributed by atoms with Gasteiger partial charge in [-0.1, -0.05) is 41.9 Å². The lowest BCUT2D eigenvalue weighted by molar-refractivity contribution is -0.137. The van der Waals surface area contributed by atoms with Gasteiger partial charge in [0.15, 0.2) is 0 Å². The van der Waals surface area contributed by atoms with E-state index in [9.17, 15) is 18.0 Å². The smallest absolute Gasteiger partial charge is 0.381 e. The van der Waals surface area contributed by atoms with E-state index in [-0.39, 0.29) is 11.9 Å². The number of hydrogen-bond acceptors (Lipinski definition) is 3. The lowest BCUT2D eigenvalue weighted by atomic mass is 9.73. The molecule has 2 aliphatic rings. The van der Waals surface area contributed by atoms with Crippen molar-refractivity contribution in [1.29, 1.82) is 0 Å². The summed E-state index contributed by atoms with van der Waals surface area (Å²) in [7, 11) is 0. The Labute approximate surface area is 197 Å². The molecule has 2 aromatic carbocycles. The van der Waals surface area contributed by atoms with Crippen LogP contribution in [-0.2, 0) is 27.7 Å². The molecule has 0 radical (unpaired) electrons. The van der Waals surface area contributed by atoms with Crippen LogP contribution in [0, 0.1) is 0 Å². The van der Waals surface area contributed by atoms with Gasteiger partial charge in [0, 0.05) is 43.9 Å². The molecular formula is C25H28ClF3N2O2. The molecule has 0 atom stereocenters. The number of likely N-dealkylation sites (tertiary alicyclic amines) is 1. The number of halogens is 4. The Balaban J connectivity index is 1.36. The van der Waals surface area contributed by atoms with E-state index in [4.69, 9.17) is 16.3 Å². The number of nitrogens with zero attached hydrogens (tertiary/aromatic N) is 1. The topological polar surface area (TPSA) is 41.6 Å². The van der Waals surface area contributed by atoms with Crippen molar-refractivity contribution in [1.82, 2.24) is 10.2 Å². The van der Waals surface area contributed by atoms with Crippen LogP contribution in [0.2, 0.25) is 5.02 Å². The van der Waals surface area contributed by atoms with Crippen LogP contribution < -0.4 is 5.32 Å². The van der Waals surface area contributed by atoms with Crippen molar-refractivity contribution >= 4 is 17.5 Å². The molecule has 33 heavy (non-hydrogen) atoms. The lowest BCUT2D eigenvalue weighted by Crippen LogP contribution is -2.53. The summed E-state index contributed by atoms with van der Waals surface area (Å²) in [6.45, 7) is 2.98. The van der Waals surface area contributed by atoms with Crippen LogP contribution >= 0.6 is 11.6 Å². The number of benzene rings is 2. The molecule has 2 aromatic rings. The molecule has 2 heterocycles. The van der Waals surface area contributed by atoms with Gasteiger partial charge in [-0.05, 0) is 55.0 Å². The first-order valence-electron chi connectivity index (χ1n) is 11.3. The van der Waals surface area contributed by atoms with Crippen molar-refractivity contribution in [3.63, 3.8) is 0 Å². The highest BCUT2D eigenvalue weighted by atomic mass is 35.5. The fourth-order valence-electron chi connectivity index (χ4n) is 4.80. The zero-order valence-corrected chi connectivity index (χ0v) is 19.1. The van der Waals surface area contributed by atoms with Gasteiger partial charge >= 0.3 is 6.18 Å². The second kappa shape index (κ2) is 10.0. The third-order valence-electron chi connectivity index (χ3n) is 6.76. The molecule has 2 saturated heterocycles. The summed E-state index contributed by atoms with van der Waals surface area (Å²) < 4.78 is 44.5. The van der Waals surface area contributed by atoms with Crippen LogP contribution in [0.3, 0.4) is 0 Å². The second-order valence-corrected chi connectivity index (χ2v) is 9.36. The monoisotopic (exact) mass is 480 g/mol. The number of rotatable bonds is 5. The lowest BCUT2D eigenvalue weighted by Gasteiger charge is -2.39. The van der Waals surface area contributed by atoms with Gasteiger partial charge in [-0.15, -0.1) is 0 Å². The predicted octanol–water partition coefficient (Wildman–Crippen LogP) is 5.19. The largest absolute Gasteiger partial charge is 0.416 e. The number of alkyl halides is 3. The summed E-state index contributed by atoms with van der Waals surface area (Å²) in [5.74, 6) is 0.0180. The maximum absolute atomic E-state index is 13.5. The Morgan fingerprint density at radius 3 is 2.39 bits per heavy atom. The maximum Gasteiger partial charge on any atom is 0.416 e. The first kappa shape index (κ1) is 24.0. The van der Waals surface area contributed by atoms with Gasteiger partial charge in [0.25, 0.3) is 0 Å². The predicted molar refractivity (Wildman–Crippen MR) is 121 cm³/mol. The van der Waals surface area contributed by atoms with E-state index >= 15 is 0 Å². The van der Waals surface area contributed by atoms with E-state index in [0.717, 1.165) is 37.6 Å². The molecule has 0 saturated carbocycles. The molecular weight excluding hydrogens is 453 g/mol. The minimum atomic E-state index is -4.34. The van der Waals surface area contributed by atoms with Crippen LogP contribution in [0.5, 0.6) is 0 Å². The fraction of sp³-hybridized carbons (Fsp3) is 0.480. The van der Waals surface area contributed by atoms with Gasteiger partial charge in [-0.2, -0.15) is 13.2 Å². The Hall–Kier alpha value is -2.09. The molecule has 8 heteroatoms. The van der Waals surface area contributed by atoms with E-state index < -0.39 is 17.2 Å². The maximum atomic E-state index is 13.5. The SMILES string of the molecule is O=C(NC1CCN(Cc2cccc(C(F)(F)F)c2)CC1)C1(c2ccc(Cl)cc2)CCOCC1. The first-order chi connectivity index (χ1) is 15.8. The molecule has 0 spiro atoms. The van der Waals surface area contributed by atoms with Crippen LogP contribution in [0.4, 0.5) is 13.2 Å². The summed E-state index contributed by atoms with van der Waals surface area (Å²) in [4.78, 5) is 15.6. The number of nitrogens with one attached hydrogen (secondary N) is 1. The highest BCUT2D eigenvalue weighted by Gasteiger charge is 2.42. The fourth-order valence-corrected chi connectivity index (χ4v) is 4.92. The van der Waals surface area contributed by atoms with Crippen LogP contribution in [0.15, 0.2) is 48.5 Å². The summed E-state index contributed by atoms with van der Waals surface area (Å²) in [6.07, 6.45) is -1.57. The molecule has 2 aliphatic heterocycles. The number of ether oxygens (including phenoxy) is 1. The van der Waals surface area contributed by atoms with E-state index in [0.29, 0.717) is 43.2 Å². The van der Waals surface area contributed by atoms with Crippen molar-refractivity contribution in [2.75, 3.05) is 26.3 Å². The molecule has 4 nitrogen and oxygen atoms in total. The molecule has 0 unspecified atom stereocenters. The summed E-state index contributed by atoms with van der Waals surface area (Å²) in [5.41, 5.74) is 0.356. The minimum absolute atomic E-state index is 0.0180. The zero-order chi connectivity index (χ0) is 23.5. The van der Waals surface area contributed by atoms with Gasteiger partial charge in [-0.3, -0.25) is 9.69 Å². The third kappa shape index (κ3) is 5.70. The third-order valence-corrected chi connectivity index (χ3v) is 7.01. The van der Waals surface area contributed by atoms with E-state index in [1.165, 1.54) is 12.1 Å². The van der Waals surface area contributed by atoms with Gasteiger partial charge < -0.3 is 10.1 Å². The second-order valence-electron chi connectivity index (χ2n) is 8.92. The first-order valence-corrected chi connectivity index (χ1v) is 11.7. The Morgan fingerprint density at radius 2 is 1.76 bits per heavy atom. The number of carbonyl (C=O) groups is 1. The molecule has 1 amide bonds. The standard InChI is InChI=1S/C25H28ClF3N2O2/c26-21-6-4-19(5-7-21)24(10-14-33-15-11-24)23(32)30-22-8-12-31(13-9-22)17-18-2-1-3-20(16-18)25(27,28)29/h1-7,16,22H,8-15,17H2,(H,30,32). The molecule has 0 aromatic heterocycles. The Bertz CT molecular complexity index is 951. The quantitative estimate of drug-likeness (QED) is 0.640. The van der Waals surface area contributed by atoms with Crippen molar-refractivity contribution < 1.29 is 22.7 Å². The number of amides is 1. The number of hydrogen-bond donors (Lipinski definition) is 1. The average Bonchev–Trinajstić information content (AvgIpc) is 2.81. The molecule has 2 fully saturated rings. The Morgan fingerprint density at radius 1 is 1.09 bits per heavy atom. The van der Waals surface area contributed by atoms with Crippen molar-refractivity contribution in [2.45, 2.75) is 49.9 Å². The van der Waals surface area contributed by atoms with Crippen LogP contribution in [-0.4, -0.2) is 43.2 Å². The van der Waals surface area contributed by atoms with Crippen molar-refractivity contribution in [3.8, 4) is 0 Å². The van der Waals surface area contributed by atoms with Gasteiger partial charge in [0.05, 0.1) is 11.0 Å². The normalized spacial score (nSPS) is 19.9. The van der Waals surface area contributed by atoms with Crippen molar-refractivity contribution in [3.05, 3.63) is 70.2 Å². The summed E-state index contributed by atoms with van der Waals surface area (Å²) in [5, 5.41) is 3.89. The highest BCUT2D eigenvalue weighted by Crippen LogP contribution is 2.36. The van der Waals surface area contributed by atoms with Crippen molar-refractivity contribution in [2.24, 2.45) is 0 Å².